The third kappa shape index (κ3) is 9.55. The van der Waals surface area contributed by atoms with Gasteiger partial charge in [0.05, 0.1) is 0 Å². The standard InChI is InChI=1S/CH3O3Si.H3N/c1-4-5(2)3;/h1H3;1H3/q-1;/p+1. The molecule has 0 bridgehead atoms. The van der Waals surface area contributed by atoms with Crippen LogP contribution in [0.25, 0.3) is 0 Å². The molecule has 0 aliphatic rings. The van der Waals surface area contributed by atoms with Crippen molar-refractivity contribution in [1.82, 2.24) is 6.15 Å². The van der Waals surface area contributed by atoms with Crippen molar-refractivity contribution < 1.29 is 13.7 Å². The Kier molecular flexibility index (Phi) is 6.97. The SMILES string of the molecule is CO[Si](=O)[O-].[NH4+]. The molecule has 0 aromatic carbocycles. The smallest absolute Gasteiger partial charge is 0.413 e. The Hall–Kier alpha value is -0.423. The Balaban J connectivity index is 0. The van der Waals surface area contributed by atoms with E-state index >= 15 is 0 Å². The molecule has 0 spiro atoms. The first-order chi connectivity index (χ1) is 2.27. The van der Waals surface area contributed by atoms with E-state index in [2.05, 4.69) is 4.43 Å². The fraction of sp³-hybridized carbons (Fsp3) is 1.00. The van der Waals surface area contributed by atoms with E-state index in [-0.39, 0.29) is 6.15 Å². The first-order valence-corrected chi connectivity index (χ1v) is 2.25. The molecule has 0 atom stereocenters. The van der Waals surface area contributed by atoms with E-state index in [4.69, 9.17) is 0 Å². The molecule has 5 heteroatoms. The maximum absolute atomic E-state index is 9.22. The molecular weight excluding hydrogens is 102 g/mol. The summed E-state index contributed by atoms with van der Waals surface area (Å²) in [7, 11) is -1.75. The molecule has 0 unspecified atom stereocenters. The third-order valence-corrected chi connectivity index (χ3v) is 0.500. The topological polar surface area (TPSA) is 85.9 Å². The summed E-state index contributed by atoms with van der Waals surface area (Å²) in [5.41, 5.74) is 0. The van der Waals surface area contributed by atoms with Crippen LogP contribution in [0.1, 0.15) is 0 Å². The molecule has 0 saturated carbocycles. The van der Waals surface area contributed by atoms with Crippen molar-refractivity contribution in [3.63, 3.8) is 0 Å². The highest BCUT2D eigenvalue weighted by Crippen LogP contribution is 1.44. The Morgan fingerprint density at radius 1 is 1.83 bits per heavy atom. The van der Waals surface area contributed by atoms with Crippen LogP contribution in [-0.2, 0) is 8.89 Å². The average molecular weight is 109 g/mol. The molecule has 0 aromatic heterocycles. The highest BCUT2D eigenvalue weighted by atomic mass is 28.3. The first-order valence-electron chi connectivity index (χ1n) is 1.02. The van der Waals surface area contributed by atoms with Gasteiger partial charge in [0.15, 0.2) is 0 Å². The molecule has 4 nitrogen and oxygen atoms in total. The lowest BCUT2D eigenvalue weighted by Gasteiger charge is -1.90. The van der Waals surface area contributed by atoms with Gasteiger partial charge in [-0.15, -0.1) is 0 Å². The van der Waals surface area contributed by atoms with Crippen molar-refractivity contribution in [3.8, 4) is 0 Å². The van der Waals surface area contributed by atoms with Gasteiger partial charge in [-0.1, -0.05) is 0 Å². The Morgan fingerprint density at radius 2 is 2.00 bits per heavy atom. The van der Waals surface area contributed by atoms with Gasteiger partial charge in [-0.3, -0.25) is 0 Å². The van der Waals surface area contributed by atoms with E-state index < -0.39 is 9.17 Å². The third-order valence-electron chi connectivity index (χ3n) is 0.167. The zero-order valence-electron chi connectivity index (χ0n) is 3.72. The maximum Gasteiger partial charge on any atom is 0.413 e. The Labute approximate surface area is 37.2 Å². The molecule has 0 fully saturated rings. The molecule has 0 heterocycles. The molecule has 0 rings (SSSR count). The minimum Gasteiger partial charge on any atom is -0.591 e. The predicted octanol–water partition coefficient (Wildman–Crippen LogP) is -1.22. The summed E-state index contributed by atoms with van der Waals surface area (Å²) in [5, 5.41) is 0. The van der Waals surface area contributed by atoms with Gasteiger partial charge in [-0.2, -0.15) is 0 Å². The molecule has 0 amide bonds. The van der Waals surface area contributed by atoms with Gasteiger partial charge in [-0.05, 0) is 0 Å². The number of hydrogen-bond acceptors (Lipinski definition) is 3. The number of rotatable bonds is 1. The van der Waals surface area contributed by atoms with E-state index in [1.807, 2.05) is 0 Å². The van der Waals surface area contributed by atoms with E-state index in [9.17, 15) is 9.26 Å². The largest absolute Gasteiger partial charge is 0.591 e. The van der Waals surface area contributed by atoms with Crippen LogP contribution in [0.2, 0.25) is 0 Å². The molecule has 4 N–H and O–H groups in total. The lowest BCUT2D eigenvalue weighted by Crippen LogP contribution is -2.21. The fourth-order valence-electron chi connectivity index (χ4n) is 0. The summed E-state index contributed by atoms with van der Waals surface area (Å²) in [6.07, 6.45) is 0. The van der Waals surface area contributed by atoms with E-state index in [0.717, 1.165) is 7.11 Å². The monoisotopic (exact) mass is 109 g/mol. The summed E-state index contributed by atoms with van der Waals surface area (Å²) in [4.78, 5) is 9.22. The summed E-state index contributed by atoms with van der Waals surface area (Å²) in [6, 6.07) is 0. The quantitative estimate of drug-likeness (QED) is 0.428. The molecule has 6 heavy (non-hydrogen) atoms. The van der Waals surface area contributed by atoms with Crippen molar-refractivity contribution in [1.29, 1.82) is 0 Å². The van der Waals surface area contributed by atoms with E-state index in [0.29, 0.717) is 0 Å². The van der Waals surface area contributed by atoms with Gasteiger partial charge >= 0.3 is 9.17 Å². The molecule has 0 aliphatic carbocycles. The molecule has 38 valence electrons. The molecule has 0 aliphatic heterocycles. The van der Waals surface area contributed by atoms with E-state index in [1.165, 1.54) is 0 Å². The second kappa shape index (κ2) is 4.58. The minimum atomic E-state index is -2.87. The lowest BCUT2D eigenvalue weighted by molar-refractivity contribution is -0.226. The van der Waals surface area contributed by atoms with E-state index in [1.54, 1.807) is 0 Å². The zero-order chi connectivity index (χ0) is 4.28. The maximum atomic E-state index is 9.22. The van der Waals surface area contributed by atoms with Crippen LogP contribution in [-0.4, -0.2) is 16.3 Å². The fourth-order valence-corrected chi connectivity index (χ4v) is 0. The summed E-state index contributed by atoms with van der Waals surface area (Å²) in [6.45, 7) is 0. The van der Waals surface area contributed by atoms with Gasteiger partial charge in [-0.25, -0.2) is 0 Å². The average Bonchev–Trinajstić information content (AvgIpc) is 1.38. The second-order valence-electron chi connectivity index (χ2n) is 0.454. The van der Waals surface area contributed by atoms with Crippen LogP contribution in [0.3, 0.4) is 0 Å². The van der Waals surface area contributed by atoms with Crippen LogP contribution in [0.4, 0.5) is 0 Å². The number of quaternary nitrogens is 1. The summed E-state index contributed by atoms with van der Waals surface area (Å²) < 4.78 is 13.0. The van der Waals surface area contributed by atoms with Crippen molar-refractivity contribution in [3.05, 3.63) is 0 Å². The van der Waals surface area contributed by atoms with Crippen molar-refractivity contribution in [2.75, 3.05) is 7.11 Å². The van der Waals surface area contributed by atoms with Gasteiger partial charge in [0.2, 0.25) is 0 Å². The normalized spacial score (nSPS) is 5.50. The van der Waals surface area contributed by atoms with Crippen molar-refractivity contribution in [2.45, 2.75) is 0 Å². The summed E-state index contributed by atoms with van der Waals surface area (Å²) in [5.74, 6) is 0. The highest BCUT2D eigenvalue weighted by Gasteiger charge is 1.70. The van der Waals surface area contributed by atoms with Crippen LogP contribution < -0.4 is 10.9 Å². The minimum absolute atomic E-state index is 0. The van der Waals surface area contributed by atoms with Crippen LogP contribution in [0.5, 0.6) is 0 Å². The van der Waals surface area contributed by atoms with Gasteiger partial charge in [0.1, 0.15) is 0 Å². The van der Waals surface area contributed by atoms with Crippen molar-refractivity contribution in [2.24, 2.45) is 0 Å². The summed E-state index contributed by atoms with van der Waals surface area (Å²) >= 11 is 0. The Bertz CT molecular complexity index is 46.1. The Morgan fingerprint density at radius 3 is 2.00 bits per heavy atom. The molecule has 0 aromatic rings. The van der Waals surface area contributed by atoms with Crippen LogP contribution in [0.15, 0.2) is 0 Å². The molecular formula is CH7NO3Si. The van der Waals surface area contributed by atoms with Crippen LogP contribution in [0, 0.1) is 0 Å². The molecule has 0 saturated heterocycles. The lowest BCUT2D eigenvalue weighted by atomic mass is 11.8. The van der Waals surface area contributed by atoms with Crippen LogP contribution >= 0.6 is 0 Å². The second-order valence-corrected chi connectivity index (χ2v) is 1.36. The van der Waals surface area contributed by atoms with Gasteiger partial charge < -0.3 is 19.8 Å². The van der Waals surface area contributed by atoms with Gasteiger partial charge in [0, 0.05) is 7.11 Å². The number of hydrogen-bond donors (Lipinski definition) is 1. The van der Waals surface area contributed by atoms with Crippen molar-refractivity contribution >= 4 is 9.17 Å². The predicted molar refractivity (Wildman–Crippen MR) is 19.4 cm³/mol. The molecule has 0 radical (unpaired) electrons. The zero-order valence-corrected chi connectivity index (χ0v) is 4.72. The first kappa shape index (κ1) is 9.13. The van der Waals surface area contributed by atoms with Gasteiger partial charge in [0.25, 0.3) is 0 Å². The highest BCUT2D eigenvalue weighted by molar-refractivity contribution is 6.21.